The molecule has 0 saturated carbocycles. The molecule has 3 heteroatoms. The van der Waals surface area contributed by atoms with Crippen LogP contribution in [-0.2, 0) is 6.42 Å². The highest BCUT2D eigenvalue weighted by Gasteiger charge is 2.18. The lowest BCUT2D eigenvalue weighted by molar-refractivity contribution is 0.341. The van der Waals surface area contributed by atoms with Crippen LogP contribution in [0.4, 0.5) is 10.1 Å². The molecule has 0 aromatic heterocycles. The summed E-state index contributed by atoms with van der Waals surface area (Å²) >= 11 is 3.40. The van der Waals surface area contributed by atoms with Gasteiger partial charge in [-0.3, -0.25) is 0 Å². The van der Waals surface area contributed by atoms with Crippen molar-refractivity contribution in [2.45, 2.75) is 12.6 Å². The Balaban J connectivity index is 2.43. The number of nitrogens with one attached hydrogen (secondary N) is 1. The molecule has 1 N–H and O–H groups in total. The third kappa shape index (κ3) is 1.33. The molecule has 0 saturated heterocycles. The summed E-state index contributed by atoms with van der Waals surface area (Å²) in [6.45, 7) is 0.434. The second-order valence-corrected chi connectivity index (χ2v) is 3.80. The van der Waals surface area contributed by atoms with E-state index < -0.39 is 6.17 Å². The summed E-state index contributed by atoms with van der Waals surface area (Å²) in [7, 11) is 0. The number of rotatable bonds is 0. The largest absolute Gasteiger partial charge is 0.382 e. The first kappa shape index (κ1) is 8.05. The summed E-state index contributed by atoms with van der Waals surface area (Å²) < 4.78 is 14.0. The lowest BCUT2D eigenvalue weighted by atomic mass is 10.0. The van der Waals surface area contributed by atoms with Crippen molar-refractivity contribution in [3.8, 4) is 0 Å². The Morgan fingerprint density at radius 1 is 1.50 bits per heavy atom. The highest BCUT2D eigenvalue weighted by molar-refractivity contribution is 9.10. The van der Waals surface area contributed by atoms with Crippen LogP contribution in [-0.4, -0.2) is 12.7 Å². The van der Waals surface area contributed by atoms with Crippen molar-refractivity contribution in [1.82, 2.24) is 0 Å². The average Bonchev–Trinajstić information content (AvgIpc) is 2.07. The Morgan fingerprint density at radius 3 is 3.17 bits per heavy atom. The van der Waals surface area contributed by atoms with E-state index in [1.807, 2.05) is 18.2 Å². The Morgan fingerprint density at radius 2 is 2.33 bits per heavy atom. The van der Waals surface area contributed by atoms with E-state index >= 15 is 0 Å². The zero-order chi connectivity index (χ0) is 8.55. The summed E-state index contributed by atoms with van der Waals surface area (Å²) in [5.41, 5.74) is 2.11. The molecule has 0 spiro atoms. The molecule has 1 aromatic rings. The number of halogens is 2. The molecule has 2 rings (SSSR count). The Hall–Kier alpha value is -0.570. The van der Waals surface area contributed by atoms with Crippen molar-refractivity contribution in [2.24, 2.45) is 0 Å². The fourth-order valence-electron chi connectivity index (χ4n) is 1.45. The lowest BCUT2D eigenvalue weighted by Gasteiger charge is -2.21. The van der Waals surface area contributed by atoms with Crippen molar-refractivity contribution in [3.05, 3.63) is 28.2 Å². The predicted molar refractivity (Wildman–Crippen MR) is 51.2 cm³/mol. The molecule has 1 atom stereocenters. The lowest BCUT2D eigenvalue weighted by Crippen LogP contribution is -2.24. The van der Waals surface area contributed by atoms with E-state index in [1.54, 1.807) is 0 Å². The second kappa shape index (κ2) is 3.05. The molecule has 0 bridgehead atoms. The average molecular weight is 230 g/mol. The smallest absolute Gasteiger partial charge is 0.121 e. The molecule has 1 aliphatic rings. The van der Waals surface area contributed by atoms with Crippen molar-refractivity contribution in [2.75, 3.05) is 11.9 Å². The number of anilines is 1. The highest BCUT2D eigenvalue weighted by atomic mass is 79.9. The summed E-state index contributed by atoms with van der Waals surface area (Å²) in [6.07, 6.45) is -0.236. The fraction of sp³-hybridized carbons (Fsp3) is 0.333. The van der Waals surface area contributed by atoms with E-state index in [9.17, 15) is 4.39 Å². The molecular formula is C9H9BrFN. The Bertz CT molecular complexity index is 301. The van der Waals surface area contributed by atoms with Gasteiger partial charge in [-0.25, -0.2) is 4.39 Å². The number of hydrogen-bond acceptors (Lipinski definition) is 1. The van der Waals surface area contributed by atoms with Crippen LogP contribution in [0.15, 0.2) is 22.7 Å². The quantitative estimate of drug-likeness (QED) is 0.722. The van der Waals surface area contributed by atoms with Gasteiger partial charge in [-0.1, -0.05) is 22.0 Å². The van der Waals surface area contributed by atoms with Crippen LogP contribution in [0.3, 0.4) is 0 Å². The van der Waals surface area contributed by atoms with E-state index in [4.69, 9.17) is 0 Å². The Labute approximate surface area is 79.1 Å². The number of alkyl halides is 1. The standard InChI is InChI=1S/C9H9BrFN/c10-8-2-1-3-9-7(8)4-6(11)5-12-9/h1-3,6,12H,4-5H2. The fourth-order valence-corrected chi connectivity index (χ4v) is 1.97. The first-order chi connectivity index (χ1) is 5.77. The molecule has 0 radical (unpaired) electrons. The van der Waals surface area contributed by atoms with Gasteiger partial charge in [0.05, 0.1) is 0 Å². The topological polar surface area (TPSA) is 12.0 Å². The molecule has 1 nitrogen and oxygen atoms in total. The summed E-state index contributed by atoms with van der Waals surface area (Å²) in [5, 5.41) is 3.05. The minimum Gasteiger partial charge on any atom is -0.382 e. The van der Waals surface area contributed by atoms with E-state index in [-0.39, 0.29) is 0 Å². The van der Waals surface area contributed by atoms with Gasteiger partial charge in [0, 0.05) is 23.1 Å². The molecule has 0 aliphatic carbocycles. The van der Waals surface area contributed by atoms with Gasteiger partial charge < -0.3 is 5.32 Å². The van der Waals surface area contributed by atoms with Crippen LogP contribution in [0.2, 0.25) is 0 Å². The van der Waals surface area contributed by atoms with Crippen LogP contribution < -0.4 is 5.32 Å². The summed E-state index contributed by atoms with van der Waals surface area (Å²) in [5.74, 6) is 0. The van der Waals surface area contributed by atoms with Crippen molar-refractivity contribution < 1.29 is 4.39 Å². The predicted octanol–water partition coefficient (Wildman–Crippen LogP) is 2.76. The normalized spacial score (nSPS) is 21.3. The zero-order valence-electron chi connectivity index (χ0n) is 6.48. The number of fused-ring (bicyclic) bond motifs is 1. The van der Waals surface area contributed by atoms with Gasteiger partial charge in [0.15, 0.2) is 0 Å². The second-order valence-electron chi connectivity index (χ2n) is 2.95. The number of benzene rings is 1. The van der Waals surface area contributed by atoms with Gasteiger partial charge in [0.2, 0.25) is 0 Å². The van der Waals surface area contributed by atoms with E-state index in [0.29, 0.717) is 13.0 Å². The van der Waals surface area contributed by atoms with Gasteiger partial charge in [-0.05, 0) is 17.7 Å². The van der Waals surface area contributed by atoms with Gasteiger partial charge in [-0.2, -0.15) is 0 Å². The van der Waals surface area contributed by atoms with Crippen LogP contribution in [0, 0.1) is 0 Å². The van der Waals surface area contributed by atoms with E-state index in [1.165, 1.54) is 0 Å². The molecule has 64 valence electrons. The van der Waals surface area contributed by atoms with Gasteiger partial charge in [0.25, 0.3) is 0 Å². The summed E-state index contributed by atoms with van der Waals surface area (Å²) in [6, 6.07) is 5.87. The molecule has 12 heavy (non-hydrogen) atoms. The Kier molecular flexibility index (Phi) is 2.05. The van der Waals surface area contributed by atoms with Crippen molar-refractivity contribution in [3.63, 3.8) is 0 Å². The highest BCUT2D eigenvalue weighted by Crippen LogP contribution is 2.29. The zero-order valence-corrected chi connectivity index (χ0v) is 8.07. The van der Waals surface area contributed by atoms with E-state index in [2.05, 4.69) is 21.2 Å². The van der Waals surface area contributed by atoms with E-state index in [0.717, 1.165) is 15.7 Å². The third-order valence-corrected chi connectivity index (χ3v) is 2.80. The van der Waals surface area contributed by atoms with Crippen molar-refractivity contribution in [1.29, 1.82) is 0 Å². The van der Waals surface area contributed by atoms with Gasteiger partial charge >= 0.3 is 0 Å². The molecule has 1 unspecified atom stereocenters. The summed E-state index contributed by atoms with van der Waals surface area (Å²) in [4.78, 5) is 0. The maximum Gasteiger partial charge on any atom is 0.121 e. The third-order valence-electron chi connectivity index (χ3n) is 2.06. The number of hydrogen-bond donors (Lipinski definition) is 1. The van der Waals surface area contributed by atoms with Crippen LogP contribution in [0.1, 0.15) is 5.56 Å². The van der Waals surface area contributed by atoms with Crippen molar-refractivity contribution >= 4 is 21.6 Å². The minimum atomic E-state index is -0.754. The molecule has 1 heterocycles. The first-order valence-electron chi connectivity index (χ1n) is 3.92. The van der Waals surface area contributed by atoms with Gasteiger partial charge in [-0.15, -0.1) is 0 Å². The van der Waals surface area contributed by atoms with Crippen LogP contribution in [0.5, 0.6) is 0 Å². The SMILES string of the molecule is FC1CNc2cccc(Br)c2C1. The molecular weight excluding hydrogens is 221 g/mol. The van der Waals surface area contributed by atoms with Crippen LogP contribution >= 0.6 is 15.9 Å². The minimum absolute atomic E-state index is 0.434. The molecule has 1 aliphatic heterocycles. The first-order valence-corrected chi connectivity index (χ1v) is 4.72. The maximum atomic E-state index is 13.0. The molecule has 0 amide bonds. The van der Waals surface area contributed by atoms with Gasteiger partial charge in [0.1, 0.15) is 6.17 Å². The monoisotopic (exact) mass is 229 g/mol. The maximum absolute atomic E-state index is 13.0. The molecule has 0 fully saturated rings. The molecule has 1 aromatic carbocycles. The van der Waals surface area contributed by atoms with Crippen LogP contribution in [0.25, 0.3) is 0 Å².